The molecule has 0 unspecified atom stereocenters. The van der Waals surface area contributed by atoms with Gasteiger partial charge in [0, 0.05) is 11.9 Å². The van der Waals surface area contributed by atoms with Gasteiger partial charge in [-0.15, -0.1) is 0 Å². The standard InChI is InChI=1S/C11H16BrNO2S/c1-2-7-16(14,15)13-9-11-5-3-10(8-12)4-6-11/h3-6,13H,2,7-9H2,1H3. The number of hydrogen-bond donors (Lipinski definition) is 1. The number of sulfonamides is 1. The monoisotopic (exact) mass is 305 g/mol. The lowest BCUT2D eigenvalue weighted by Gasteiger charge is -2.06. The minimum Gasteiger partial charge on any atom is -0.212 e. The average molecular weight is 306 g/mol. The van der Waals surface area contributed by atoms with Crippen LogP contribution in [0.5, 0.6) is 0 Å². The molecular weight excluding hydrogens is 290 g/mol. The Hall–Kier alpha value is -0.390. The lowest BCUT2D eigenvalue weighted by Crippen LogP contribution is -2.25. The molecule has 0 atom stereocenters. The third-order valence-electron chi connectivity index (χ3n) is 2.15. The van der Waals surface area contributed by atoms with Crippen molar-refractivity contribution in [2.24, 2.45) is 0 Å². The van der Waals surface area contributed by atoms with E-state index in [1.165, 1.54) is 5.56 Å². The fourth-order valence-corrected chi connectivity index (χ4v) is 2.72. The average Bonchev–Trinajstić information content (AvgIpc) is 2.27. The summed E-state index contributed by atoms with van der Waals surface area (Å²) in [5.74, 6) is 0.187. The quantitative estimate of drug-likeness (QED) is 0.820. The van der Waals surface area contributed by atoms with E-state index in [1.54, 1.807) is 0 Å². The Balaban J connectivity index is 2.54. The lowest BCUT2D eigenvalue weighted by atomic mass is 10.2. The van der Waals surface area contributed by atoms with E-state index in [4.69, 9.17) is 0 Å². The molecule has 1 aromatic rings. The minimum absolute atomic E-state index is 0.187. The lowest BCUT2D eigenvalue weighted by molar-refractivity contribution is 0.580. The maximum atomic E-state index is 11.4. The van der Waals surface area contributed by atoms with Gasteiger partial charge >= 0.3 is 0 Å². The first-order chi connectivity index (χ1) is 7.57. The molecule has 0 spiro atoms. The van der Waals surface area contributed by atoms with Gasteiger partial charge in [0.1, 0.15) is 0 Å². The molecule has 0 radical (unpaired) electrons. The largest absolute Gasteiger partial charge is 0.212 e. The van der Waals surface area contributed by atoms with Gasteiger partial charge in [-0.3, -0.25) is 0 Å². The Kier molecular flexibility index (Phi) is 5.44. The second kappa shape index (κ2) is 6.37. The number of alkyl halides is 1. The van der Waals surface area contributed by atoms with Gasteiger partial charge in [0.25, 0.3) is 0 Å². The van der Waals surface area contributed by atoms with Crippen molar-refractivity contribution in [2.75, 3.05) is 5.75 Å². The van der Waals surface area contributed by atoms with Crippen LogP contribution in [0.2, 0.25) is 0 Å². The van der Waals surface area contributed by atoms with Gasteiger partial charge in [-0.2, -0.15) is 0 Å². The van der Waals surface area contributed by atoms with Crippen LogP contribution in [0.25, 0.3) is 0 Å². The summed E-state index contributed by atoms with van der Waals surface area (Å²) in [6.45, 7) is 2.22. The van der Waals surface area contributed by atoms with Crippen molar-refractivity contribution in [3.05, 3.63) is 35.4 Å². The fourth-order valence-electron chi connectivity index (χ4n) is 1.28. The molecule has 16 heavy (non-hydrogen) atoms. The molecule has 1 aromatic carbocycles. The smallest absolute Gasteiger partial charge is 0.211 e. The maximum Gasteiger partial charge on any atom is 0.211 e. The molecule has 0 aliphatic rings. The van der Waals surface area contributed by atoms with Crippen molar-refractivity contribution in [2.45, 2.75) is 25.2 Å². The topological polar surface area (TPSA) is 46.2 Å². The van der Waals surface area contributed by atoms with Gasteiger partial charge in [0.05, 0.1) is 5.75 Å². The van der Waals surface area contributed by atoms with Gasteiger partial charge in [0.15, 0.2) is 0 Å². The zero-order valence-corrected chi connectivity index (χ0v) is 11.6. The summed E-state index contributed by atoms with van der Waals surface area (Å²) in [4.78, 5) is 0. The van der Waals surface area contributed by atoms with Crippen LogP contribution >= 0.6 is 15.9 Å². The predicted octanol–water partition coefficient (Wildman–Crippen LogP) is 2.41. The molecular formula is C11H16BrNO2S. The van der Waals surface area contributed by atoms with Gasteiger partial charge in [-0.1, -0.05) is 47.1 Å². The number of halogens is 1. The molecule has 0 aliphatic carbocycles. The highest BCUT2D eigenvalue weighted by atomic mass is 79.9. The highest BCUT2D eigenvalue weighted by molar-refractivity contribution is 9.08. The molecule has 90 valence electrons. The normalized spacial score (nSPS) is 11.6. The molecule has 3 nitrogen and oxygen atoms in total. The molecule has 1 N–H and O–H groups in total. The van der Waals surface area contributed by atoms with Crippen LogP contribution in [0, 0.1) is 0 Å². The van der Waals surface area contributed by atoms with E-state index < -0.39 is 10.0 Å². The molecule has 0 bridgehead atoms. The van der Waals surface area contributed by atoms with E-state index in [9.17, 15) is 8.42 Å². The first-order valence-corrected chi connectivity index (χ1v) is 7.96. The second-order valence-corrected chi connectivity index (χ2v) is 6.08. The van der Waals surface area contributed by atoms with Gasteiger partial charge < -0.3 is 0 Å². The molecule has 1 rings (SSSR count). The van der Waals surface area contributed by atoms with E-state index in [2.05, 4.69) is 20.7 Å². The number of rotatable bonds is 6. The van der Waals surface area contributed by atoms with Gasteiger partial charge in [0.2, 0.25) is 10.0 Å². The van der Waals surface area contributed by atoms with E-state index in [1.807, 2.05) is 31.2 Å². The Bertz CT molecular complexity index is 414. The zero-order chi connectivity index (χ0) is 12.0. The fraction of sp³-hybridized carbons (Fsp3) is 0.455. The summed E-state index contributed by atoms with van der Waals surface area (Å²) in [5, 5.41) is 0.814. The molecule has 0 aromatic heterocycles. The maximum absolute atomic E-state index is 11.4. The molecule has 0 heterocycles. The van der Waals surface area contributed by atoms with Crippen LogP contribution in [0.15, 0.2) is 24.3 Å². The van der Waals surface area contributed by atoms with Gasteiger partial charge in [-0.25, -0.2) is 13.1 Å². The third-order valence-corrected chi connectivity index (χ3v) is 4.32. The van der Waals surface area contributed by atoms with Crippen LogP contribution in [0.4, 0.5) is 0 Å². The molecule has 5 heteroatoms. The Morgan fingerprint density at radius 2 is 1.75 bits per heavy atom. The van der Waals surface area contributed by atoms with Crippen molar-refractivity contribution in [1.29, 1.82) is 0 Å². The molecule has 0 saturated heterocycles. The molecule has 0 fully saturated rings. The van der Waals surface area contributed by atoms with Crippen LogP contribution in [0.3, 0.4) is 0 Å². The van der Waals surface area contributed by atoms with Crippen LogP contribution in [-0.4, -0.2) is 14.2 Å². The highest BCUT2D eigenvalue weighted by Gasteiger charge is 2.07. The molecule has 0 aliphatic heterocycles. The first kappa shape index (κ1) is 13.7. The summed E-state index contributed by atoms with van der Waals surface area (Å²) in [7, 11) is -3.10. The molecule has 0 saturated carbocycles. The van der Waals surface area contributed by atoms with Gasteiger partial charge in [-0.05, 0) is 17.5 Å². The number of hydrogen-bond acceptors (Lipinski definition) is 2. The summed E-state index contributed by atoms with van der Waals surface area (Å²) in [6, 6.07) is 7.84. The van der Waals surface area contributed by atoms with Crippen molar-refractivity contribution in [3.63, 3.8) is 0 Å². The number of nitrogens with one attached hydrogen (secondary N) is 1. The van der Waals surface area contributed by atoms with Crippen molar-refractivity contribution in [3.8, 4) is 0 Å². The summed E-state index contributed by atoms with van der Waals surface area (Å²) in [5.41, 5.74) is 2.16. The predicted molar refractivity (Wildman–Crippen MR) is 70.0 cm³/mol. The van der Waals surface area contributed by atoms with E-state index in [0.717, 1.165) is 10.9 Å². The van der Waals surface area contributed by atoms with Crippen molar-refractivity contribution < 1.29 is 8.42 Å². The van der Waals surface area contributed by atoms with E-state index >= 15 is 0 Å². The summed E-state index contributed by atoms with van der Waals surface area (Å²) < 4.78 is 25.4. The summed E-state index contributed by atoms with van der Waals surface area (Å²) in [6.07, 6.45) is 0.637. The van der Waals surface area contributed by atoms with Crippen LogP contribution in [0.1, 0.15) is 24.5 Å². The van der Waals surface area contributed by atoms with Crippen molar-refractivity contribution >= 4 is 26.0 Å². The SMILES string of the molecule is CCCS(=O)(=O)NCc1ccc(CBr)cc1. The highest BCUT2D eigenvalue weighted by Crippen LogP contribution is 2.08. The first-order valence-electron chi connectivity index (χ1n) is 5.18. The van der Waals surface area contributed by atoms with E-state index in [0.29, 0.717) is 13.0 Å². The molecule has 0 amide bonds. The van der Waals surface area contributed by atoms with Crippen LogP contribution in [-0.2, 0) is 21.9 Å². The van der Waals surface area contributed by atoms with Crippen LogP contribution < -0.4 is 4.72 Å². The Morgan fingerprint density at radius 1 is 1.19 bits per heavy atom. The zero-order valence-electron chi connectivity index (χ0n) is 9.24. The second-order valence-electron chi connectivity index (χ2n) is 3.59. The minimum atomic E-state index is -3.10. The Labute approximate surface area is 105 Å². The van der Waals surface area contributed by atoms with E-state index in [-0.39, 0.29) is 5.75 Å². The Morgan fingerprint density at radius 3 is 2.25 bits per heavy atom. The summed E-state index contributed by atoms with van der Waals surface area (Å²) >= 11 is 3.36. The number of benzene rings is 1. The van der Waals surface area contributed by atoms with Crippen molar-refractivity contribution in [1.82, 2.24) is 4.72 Å². The third kappa shape index (κ3) is 4.63.